The van der Waals surface area contributed by atoms with Crippen LogP contribution in [0.25, 0.3) is 0 Å². The molecule has 5 heteroatoms. The highest BCUT2D eigenvalue weighted by Crippen LogP contribution is 2.18. The molecule has 0 aliphatic rings. The molecular weight excluding hydrogens is 326 g/mol. The molecule has 0 spiro atoms. The average Bonchev–Trinajstić information content (AvgIpc) is 2.63. The van der Waals surface area contributed by atoms with Gasteiger partial charge in [0, 0.05) is 0 Å². The Morgan fingerprint density at radius 3 is 2.20 bits per heavy atom. The lowest BCUT2D eigenvalue weighted by atomic mass is 10.0. The van der Waals surface area contributed by atoms with E-state index in [0.717, 1.165) is 32.5 Å². The molecule has 0 fully saturated rings. The van der Waals surface area contributed by atoms with Gasteiger partial charge in [-0.25, -0.2) is 0 Å². The van der Waals surface area contributed by atoms with Crippen LogP contribution in [0, 0.1) is 0 Å². The van der Waals surface area contributed by atoms with E-state index in [1.807, 2.05) is 0 Å². The zero-order valence-electron chi connectivity index (χ0n) is 18.2. The summed E-state index contributed by atoms with van der Waals surface area (Å²) in [5, 5.41) is 3.53. The van der Waals surface area contributed by atoms with Gasteiger partial charge in [-0.15, -0.1) is 0 Å². The molecule has 0 unspecified atom stereocenters. The van der Waals surface area contributed by atoms with Gasteiger partial charge in [-0.1, -0.05) is 27.7 Å². The fraction of sp³-hybridized carbons (Fsp3) is 1.00. The Bertz CT molecular complexity index is 288. The second-order valence-corrected chi connectivity index (χ2v) is 8.96. The third kappa shape index (κ3) is 13.9. The van der Waals surface area contributed by atoms with E-state index in [-0.39, 0.29) is 5.60 Å². The Hall–Kier alpha value is 0.0569. The Morgan fingerprint density at radius 1 is 0.920 bits per heavy atom. The standard InChI is InChI=1S/C20H47N3OSi/c1-7-13-21-14-11-16-23(17-12-15-22(6)10-4)18-19-25-24-20(5,8-2)9-3/h21H,7-19,25H2,1-6H3. The highest BCUT2D eigenvalue weighted by molar-refractivity contribution is 6.27. The fourth-order valence-corrected chi connectivity index (χ4v) is 4.47. The normalized spacial score (nSPS) is 13.0. The maximum absolute atomic E-state index is 6.29. The molecule has 0 aromatic heterocycles. The van der Waals surface area contributed by atoms with Gasteiger partial charge in [0.15, 0.2) is 9.76 Å². The third-order valence-electron chi connectivity index (χ3n) is 5.37. The molecule has 0 amide bonds. The van der Waals surface area contributed by atoms with Crippen LogP contribution in [0.15, 0.2) is 0 Å². The lowest BCUT2D eigenvalue weighted by Crippen LogP contribution is -2.34. The maximum atomic E-state index is 6.29. The second-order valence-electron chi connectivity index (χ2n) is 7.55. The Balaban J connectivity index is 4.09. The number of hydrogen-bond acceptors (Lipinski definition) is 4. The van der Waals surface area contributed by atoms with Gasteiger partial charge in [-0.2, -0.15) is 0 Å². The molecule has 0 radical (unpaired) electrons. The quantitative estimate of drug-likeness (QED) is 0.295. The molecule has 0 atom stereocenters. The van der Waals surface area contributed by atoms with Crippen LogP contribution in [0.3, 0.4) is 0 Å². The summed E-state index contributed by atoms with van der Waals surface area (Å²) in [6.07, 6.45) is 6.02. The summed E-state index contributed by atoms with van der Waals surface area (Å²) in [7, 11) is 1.81. The van der Waals surface area contributed by atoms with Crippen LogP contribution in [0.4, 0.5) is 0 Å². The molecule has 0 saturated carbocycles. The van der Waals surface area contributed by atoms with Crippen molar-refractivity contribution in [3.8, 4) is 0 Å². The molecule has 0 rings (SSSR count). The van der Waals surface area contributed by atoms with Crippen molar-refractivity contribution in [1.82, 2.24) is 15.1 Å². The predicted octanol–water partition coefficient (Wildman–Crippen LogP) is 3.12. The smallest absolute Gasteiger partial charge is 0.163 e. The summed E-state index contributed by atoms with van der Waals surface area (Å²) in [6, 6.07) is 1.28. The Morgan fingerprint density at radius 2 is 1.60 bits per heavy atom. The van der Waals surface area contributed by atoms with Gasteiger partial charge in [0.1, 0.15) is 0 Å². The van der Waals surface area contributed by atoms with Crippen LogP contribution in [-0.2, 0) is 4.43 Å². The van der Waals surface area contributed by atoms with Crippen molar-refractivity contribution in [3.63, 3.8) is 0 Å². The fourth-order valence-electron chi connectivity index (χ4n) is 2.85. The lowest BCUT2D eigenvalue weighted by Gasteiger charge is -2.29. The second kappa shape index (κ2) is 16.2. The summed E-state index contributed by atoms with van der Waals surface area (Å²) in [5.74, 6) is 0. The molecule has 0 aromatic carbocycles. The first-order valence-corrected chi connectivity index (χ1v) is 12.3. The van der Waals surface area contributed by atoms with Gasteiger partial charge < -0.3 is 19.5 Å². The first-order chi connectivity index (χ1) is 12.0. The van der Waals surface area contributed by atoms with Crippen LogP contribution in [0.1, 0.15) is 66.7 Å². The summed E-state index contributed by atoms with van der Waals surface area (Å²) < 4.78 is 6.29. The molecule has 0 heterocycles. The van der Waals surface area contributed by atoms with Gasteiger partial charge in [0.05, 0.1) is 5.60 Å². The zero-order chi connectivity index (χ0) is 19.0. The molecule has 4 nitrogen and oxygen atoms in total. The van der Waals surface area contributed by atoms with Gasteiger partial charge >= 0.3 is 0 Å². The summed E-state index contributed by atoms with van der Waals surface area (Å²) in [5.41, 5.74) is 0.130. The molecule has 1 N–H and O–H groups in total. The van der Waals surface area contributed by atoms with Crippen molar-refractivity contribution in [2.24, 2.45) is 0 Å². The average molecular weight is 374 g/mol. The minimum absolute atomic E-state index is 0.130. The van der Waals surface area contributed by atoms with Gasteiger partial charge in [0.2, 0.25) is 0 Å². The minimum atomic E-state index is -0.405. The van der Waals surface area contributed by atoms with Crippen molar-refractivity contribution in [3.05, 3.63) is 0 Å². The van der Waals surface area contributed by atoms with Crippen molar-refractivity contribution >= 4 is 9.76 Å². The van der Waals surface area contributed by atoms with Crippen LogP contribution >= 0.6 is 0 Å². The Labute approximate surface area is 161 Å². The largest absolute Gasteiger partial charge is 0.419 e. The zero-order valence-corrected chi connectivity index (χ0v) is 19.6. The van der Waals surface area contributed by atoms with E-state index in [2.05, 4.69) is 56.8 Å². The van der Waals surface area contributed by atoms with Crippen LogP contribution in [0.2, 0.25) is 6.04 Å². The van der Waals surface area contributed by atoms with Gasteiger partial charge in [0.25, 0.3) is 0 Å². The predicted molar refractivity (Wildman–Crippen MR) is 115 cm³/mol. The molecule has 0 aliphatic heterocycles. The molecular formula is C20H47N3OSi. The first kappa shape index (κ1) is 25.1. The van der Waals surface area contributed by atoms with E-state index in [0.29, 0.717) is 0 Å². The topological polar surface area (TPSA) is 27.7 Å². The van der Waals surface area contributed by atoms with E-state index in [4.69, 9.17) is 4.43 Å². The van der Waals surface area contributed by atoms with Crippen LogP contribution < -0.4 is 5.32 Å². The Kier molecular flexibility index (Phi) is 16.3. The summed E-state index contributed by atoms with van der Waals surface area (Å²) in [4.78, 5) is 5.08. The van der Waals surface area contributed by atoms with Crippen molar-refractivity contribution in [2.75, 3.05) is 52.9 Å². The van der Waals surface area contributed by atoms with E-state index in [9.17, 15) is 0 Å². The molecule has 0 saturated heterocycles. The van der Waals surface area contributed by atoms with E-state index >= 15 is 0 Å². The van der Waals surface area contributed by atoms with E-state index in [1.54, 1.807) is 0 Å². The molecule has 25 heavy (non-hydrogen) atoms. The SMILES string of the molecule is CCCNCCCN(CCCN(C)CC)CC[SiH2]OC(C)(CC)CC. The third-order valence-corrected chi connectivity index (χ3v) is 6.88. The number of rotatable bonds is 18. The highest BCUT2D eigenvalue weighted by atomic mass is 28.2. The van der Waals surface area contributed by atoms with Crippen LogP contribution in [-0.4, -0.2) is 78.0 Å². The summed E-state index contributed by atoms with van der Waals surface area (Å²) in [6.45, 7) is 19.6. The number of hydrogen-bond donors (Lipinski definition) is 1. The molecule has 0 aromatic rings. The molecule has 152 valence electrons. The number of nitrogens with one attached hydrogen (secondary N) is 1. The van der Waals surface area contributed by atoms with Crippen molar-refractivity contribution < 1.29 is 4.43 Å². The van der Waals surface area contributed by atoms with Crippen LogP contribution in [0.5, 0.6) is 0 Å². The maximum Gasteiger partial charge on any atom is 0.163 e. The van der Waals surface area contributed by atoms with E-state index in [1.165, 1.54) is 51.5 Å². The van der Waals surface area contributed by atoms with Crippen molar-refractivity contribution in [1.29, 1.82) is 0 Å². The lowest BCUT2D eigenvalue weighted by molar-refractivity contribution is 0.0843. The van der Waals surface area contributed by atoms with Gasteiger partial charge in [-0.3, -0.25) is 0 Å². The molecule has 0 bridgehead atoms. The monoisotopic (exact) mass is 373 g/mol. The number of nitrogens with zero attached hydrogens (tertiary/aromatic N) is 2. The van der Waals surface area contributed by atoms with Crippen molar-refractivity contribution in [2.45, 2.75) is 78.4 Å². The van der Waals surface area contributed by atoms with E-state index < -0.39 is 9.76 Å². The minimum Gasteiger partial charge on any atom is -0.419 e. The van der Waals surface area contributed by atoms with Gasteiger partial charge in [-0.05, 0) is 97.9 Å². The summed E-state index contributed by atoms with van der Waals surface area (Å²) >= 11 is 0. The molecule has 0 aliphatic carbocycles. The first-order valence-electron chi connectivity index (χ1n) is 10.8. The highest BCUT2D eigenvalue weighted by Gasteiger charge is 2.19.